The fourth-order valence-electron chi connectivity index (χ4n) is 2.82. The van der Waals surface area contributed by atoms with E-state index in [4.69, 9.17) is 21.4 Å². The molecule has 1 aromatic heterocycles. The highest BCUT2D eigenvalue weighted by molar-refractivity contribution is 9.10. The number of carbonyl (C=O) groups is 2. The van der Waals surface area contributed by atoms with Gasteiger partial charge in [-0.05, 0) is 66.7 Å². The Morgan fingerprint density at radius 3 is 2.64 bits per heavy atom. The van der Waals surface area contributed by atoms with Gasteiger partial charge in [-0.25, -0.2) is 0 Å². The Balaban J connectivity index is 1.61. The third-order valence-electron chi connectivity index (χ3n) is 4.37. The summed E-state index contributed by atoms with van der Waals surface area (Å²) in [6.07, 6.45) is 1.55. The topological polar surface area (TPSA) is 92.6 Å². The van der Waals surface area contributed by atoms with Crippen LogP contribution in [0.15, 0.2) is 69.8 Å². The zero-order valence-corrected chi connectivity index (χ0v) is 20.6. The minimum absolute atomic E-state index is 0.0999. The molecule has 0 aliphatic heterocycles. The smallest absolute Gasteiger partial charge is 0.261 e. The molecule has 0 unspecified atom stereocenters. The highest BCUT2D eigenvalue weighted by Gasteiger charge is 2.16. The van der Waals surface area contributed by atoms with Gasteiger partial charge in [0.25, 0.3) is 11.8 Å². The predicted molar refractivity (Wildman–Crippen MR) is 134 cm³/mol. The van der Waals surface area contributed by atoms with Crippen LogP contribution < -0.4 is 20.7 Å². The minimum atomic E-state index is -0.403. The predicted octanol–water partition coefficient (Wildman–Crippen LogP) is 5.13. The van der Waals surface area contributed by atoms with E-state index in [0.717, 1.165) is 4.47 Å². The average molecular weight is 530 g/mol. The van der Waals surface area contributed by atoms with Crippen molar-refractivity contribution in [3.05, 3.63) is 82.2 Å². The van der Waals surface area contributed by atoms with E-state index >= 15 is 0 Å². The van der Waals surface area contributed by atoms with Gasteiger partial charge in [-0.3, -0.25) is 14.9 Å². The molecule has 7 nitrogen and oxygen atoms in total. The van der Waals surface area contributed by atoms with Crippen LogP contribution in [0.2, 0.25) is 0 Å². The van der Waals surface area contributed by atoms with E-state index in [1.807, 2.05) is 19.9 Å². The lowest BCUT2D eigenvalue weighted by Crippen LogP contribution is -2.34. The molecule has 33 heavy (non-hydrogen) atoms. The van der Waals surface area contributed by atoms with Crippen molar-refractivity contribution < 1.29 is 18.7 Å². The second-order valence-corrected chi connectivity index (χ2v) is 8.92. The second kappa shape index (κ2) is 11.6. The van der Waals surface area contributed by atoms with Crippen molar-refractivity contribution in [2.45, 2.75) is 20.4 Å². The number of furan rings is 1. The third kappa shape index (κ3) is 7.44. The highest BCUT2D eigenvalue weighted by Crippen LogP contribution is 2.24. The third-order valence-corrected chi connectivity index (χ3v) is 5.07. The summed E-state index contributed by atoms with van der Waals surface area (Å²) < 4.78 is 11.7. The van der Waals surface area contributed by atoms with E-state index in [1.165, 1.54) is 0 Å². The number of hydrogen-bond acceptors (Lipinski definition) is 5. The monoisotopic (exact) mass is 529 g/mol. The first-order chi connectivity index (χ1) is 15.8. The number of benzene rings is 2. The van der Waals surface area contributed by atoms with Crippen LogP contribution in [0.1, 0.15) is 40.3 Å². The van der Waals surface area contributed by atoms with Gasteiger partial charge in [-0.2, -0.15) is 0 Å². The molecule has 0 saturated heterocycles. The number of halogens is 1. The van der Waals surface area contributed by atoms with Crippen molar-refractivity contribution in [3.63, 3.8) is 0 Å². The van der Waals surface area contributed by atoms with Crippen molar-refractivity contribution >= 4 is 50.8 Å². The van der Waals surface area contributed by atoms with Crippen molar-refractivity contribution in [2.24, 2.45) is 5.92 Å². The normalized spacial score (nSPS) is 10.5. The van der Waals surface area contributed by atoms with Gasteiger partial charge in [0.2, 0.25) is 0 Å². The van der Waals surface area contributed by atoms with Gasteiger partial charge in [0, 0.05) is 15.7 Å². The number of carbonyl (C=O) groups excluding carboxylic acids is 2. The molecular weight excluding hydrogens is 506 g/mol. The molecule has 2 amide bonds. The maximum Gasteiger partial charge on any atom is 0.261 e. The lowest BCUT2D eigenvalue weighted by molar-refractivity contribution is 0.0945. The van der Waals surface area contributed by atoms with Crippen LogP contribution in [0.25, 0.3) is 0 Å². The van der Waals surface area contributed by atoms with Crippen LogP contribution in [0.3, 0.4) is 0 Å². The molecule has 0 aliphatic rings. The van der Waals surface area contributed by atoms with Crippen LogP contribution in [-0.4, -0.2) is 23.5 Å². The number of amides is 2. The van der Waals surface area contributed by atoms with E-state index in [2.05, 4.69) is 31.9 Å². The molecule has 1 heterocycles. The maximum atomic E-state index is 12.8. The molecule has 9 heteroatoms. The molecule has 172 valence electrons. The van der Waals surface area contributed by atoms with Crippen LogP contribution >= 0.6 is 28.1 Å². The molecule has 0 spiro atoms. The minimum Gasteiger partial charge on any atom is -0.492 e. The SMILES string of the molecule is CC(C)COc1ccc(Br)cc1C(=O)NC(=S)Nc1cccc(C(=O)NCc2ccco2)c1. The number of ether oxygens (including phenoxy) is 1. The largest absolute Gasteiger partial charge is 0.492 e. The van der Waals surface area contributed by atoms with Crippen LogP contribution in [0.4, 0.5) is 5.69 Å². The van der Waals surface area contributed by atoms with Crippen molar-refractivity contribution in [2.75, 3.05) is 11.9 Å². The molecule has 0 radical (unpaired) electrons. The number of hydrogen-bond donors (Lipinski definition) is 3. The first-order valence-corrected chi connectivity index (χ1v) is 11.5. The van der Waals surface area contributed by atoms with Gasteiger partial charge in [-0.1, -0.05) is 35.8 Å². The number of rotatable bonds is 8. The van der Waals surface area contributed by atoms with Gasteiger partial charge in [-0.15, -0.1) is 0 Å². The van der Waals surface area contributed by atoms with Crippen LogP contribution in [0.5, 0.6) is 5.75 Å². The van der Waals surface area contributed by atoms with E-state index in [-0.39, 0.29) is 17.6 Å². The van der Waals surface area contributed by atoms with E-state index in [1.54, 1.807) is 54.8 Å². The van der Waals surface area contributed by atoms with Crippen LogP contribution in [-0.2, 0) is 6.54 Å². The molecule has 0 atom stereocenters. The molecule has 3 aromatic rings. The molecule has 0 bridgehead atoms. The molecular formula is C24H24BrN3O4S. The Labute approximate surface area is 206 Å². The summed E-state index contributed by atoms with van der Waals surface area (Å²) in [5.41, 5.74) is 1.37. The Bertz CT molecular complexity index is 1130. The molecule has 0 saturated carbocycles. The maximum absolute atomic E-state index is 12.8. The Kier molecular flexibility index (Phi) is 8.62. The first-order valence-electron chi connectivity index (χ1n) is 10.3. The number of thiocarbonyl (C=S) groups is 1. The number of nitrogens with one attached hydrogen (secondary N) is 3. The summed E-state index contributed by atoms with van der Waals surface area (Å²) in [7, 11) is 0. The quantitative estimate of drug-likeness (QED) is 0.350. The Morgan fingerprint density at radius 1 is 1.09 bits per heavy atom. The summed E-state index contributed by atoms with van der Waals surface area (Å²) in [5, 5.41) is 8.49. The first kappa shape index (κ1) is 24.5. The fourth-order valence-corrected chi connectivity index (χ4v) is 3.39. The Hall–Kier alpha value is -3.17. The van der Waals surface area contributed by atoms with Gasteiger partial charge < -0.3 is 19.8 Å². The number of anilines is 1. The Morgan fingerprint density at radius 2 is 1.91 bits per heavy atom. The lowest BCUT2D eigenvalue weighted by atomic mass is 10.2. The average Bonchev–Trinajstić information content (AvgIpc) is 3.30. The summed E-state index contributed by atoms with van der Waals surface area (Å²) in [4.78, 5) is 25.2. The summed E-state index contributed by atoms with van der Waals surface area (Å²) >= 11 is 8.68. The van der Waals surface area contributed by atoms with Gasteiger partial charge in [0.15, 0.2) is 5.11 Å². The molecule has 0 fully saturated rings. The van der Waals surface area contributed by atoms with Gasteiger partial charge >= 0.3 is 0 Å². The molecule has 2 aromatic carbocycles. The van der Waals surface area contributed by atoms with E-state index in [0.29, 0.717) is 40.8 Å². The summed E-state index contributed by atoms with van der Waals surface area (Å²) in [6, 6.07) is 15.6. The molecule has 3 N–H and O–H groups in total. The summed E-state index contributed by atoms with van der Waals surface area (Å²) in [5.74, 6) is 0.787. The zero-order chi connectivity index (χ0) is 23.8. The fraction of sp³-hybridized carbons (Fsp3) is 0.208. The second-order valence-electron chi connectivity index (χ2n) is 7.60. The van der Waals surface area contributed by atoms with Crippen molar-refractivity contribution in [3.8, 4) is 5.75 Å². The lowest BCUT2D eigenvalue weighted by Gasteiger charge is -2.15. The standard InChI is InChI=1S/C24H24BrN3O4S/c1-15(2)14-32-21-9-8-17(25)12-20(21)23(30)28-24(33)27-18-6-3-5-16(11-18)22(29)26-13-19-7-4-10-31-19/h3-12,15H,13-14H2,1-2H3,(H,26,29)(H2,27,28,30,33). The van der Waals surface area contributed by atoms with Crippen molar-refractivity contribution in [1.29, 1.82) is 0 Å². The van der Waals surface area contributed by atoms with Gasteiger partial charge in [0.05, 0.1) is 25.0 Å². The highest BCUT2D eigenvalue weighted by atomic mass is 79.9. The zero-order valence-electron chi connectivity index (χ0n) is 18.2. The summed E-state index contributed by atoms with van der Waals surface area (Å²) in [6.45, 7) is 4.83. The van der Waals surface area contributed by atoms with E-state index < -0.39 is 5.91 Å². The van der Waals surface area contributed by atoms with Crippen LogP contribution in [0, 0.1) is 5.92 Å². The van der Waals surface area contributed by atoms with Gasteiger partial charge in [0.1, 0.15) is 11.5 Å². The molecule has 3 rings (SSSR count). The molecule has 0 aliphatic carbocycles. The van der Waals surface area contributed by atoms with Crippen molar-refractivity contribution in [1.82, 2.24) is 10.6 Å². The van der Waals surface area contributed by atoms with E-state index in [9.17, 15) is 9.59 Å².